The third kappa shape index (κ3) is 2.48. The first-order valence-electron chi connectivity index (χ1n) is 9.52. The molecule has 1 fully saturated rings. The predicted molar refractivity (Wildman–Crippen MR) is 106 cm³/mol. The van der Waals surface area contributed by atoms with Crippen LogP contribution in [0.5, 0.6) is 0 Å². The third-order valence-corrected chi connectivity index (χ3v) is 5.97. The van der Waals surface area contributed by atoms with Crippen LogP contribution in [0, 0.1) is 17.2 Å². The number of hydrogen-bond acceptors (Lipinski definition) is 4. The zero-order valence-electron chi connectivity index (χ0n) is 15.3. The minimum absolute atomic E-state index is 0.365. The van der Waals surface area contributed by atoms with Crippen LogP contribution in [0.1, 0.15) is 30.6 Å². The molecule has 3 aromatic heterocycles. The van der Waals surface area contributed by atoms with Gasteiger partial charge in [-0.05, 0) is 36.6 Å². The average molecular weight is 355 g/mol. The molecule has 0 unspecified atom stereocenters. The molecule has 0 spiro atoms. The Morgan fingerprint density at radius 3 is 2.93 bits per heavy atom. The molecular weight excluding hydrogens is 334 g/mol. The van der Waals surface area contributed by atoms with Gasteiger partial charge in [0.2, 0.25) is 0 Å². The van der Waals surface area contributed by atoms with Gasteiger partial charge in [0.1, 0.15) is 0 Å². The highest BCUT2D eigenvalue weighted by Gasteiger charge is 2.29. The summed E-state index contributed by atoms with van der Waals surface area (Å²) in [5, 5.41) is 14.3. The van der Waals surface area contributed by atoms with Gasteiger partial charge in [-0.1, -0.05) is 13.0 Å². The lowest BCUT2D eigenvalue weighted by Gasteiger charge is -2.31. The van der Waals surface area contributed by atoms with E-state index in [4.69, 9.17) is 4.98 Å². The normalized spacial score (nSPS) is 21.7. The third-order valence-electron chi connectivity index (χ3n) is 5.97. The van der Waals surface area contributed by atoms with E-state index < -0.39 is 0 Å². The molecule has 1 aliphatic heterocycles. The van der Waals surface area contributed by atoms with E-state index in [9.17, 15) is 5.26 Å². The van der Waals surface area contributed by atoms with Crippen molar-refractivity contribution < 1.29 is 0 Å². The van der Waals surface area contributed by atoms with Crippen LogP contribution in [0.4, 0.5) is 0 Å². The number of nitrogens with one attached hydrogen (secondary N) is 1. The van der Waals surface area contributed by atoms with E-state index in [1.54, 1.807) is 0 Å². The number of allylic oxidation sites excluding steroid dienone is 2. The van der Waals surface area contributed by atoms with Gasteiger partial charge in [0.25, 0.3) is 0 Å². The van der Waals surface area contributed by atoms with Crippen molar-refractivity contribution in [3.8, 4) is 17.2 Å². The summed E-state index contributed by atoms with van der Waals surface area (Å²) in [6.45, 7) is 4.34. The van der Waals surface area contributed by atoms with Gasteiger partial charge in [-0.25, -0.2) is 0 Å². The molecule has 0 aromatic carbocycles. The molecule has 4 heterocycles. The molecule has 0 saturated carbocycles. The van der Waals surface area contributed by atoms with Crippen LogP contribution in [0.25, 0.3) is 27.6 Å². The quantitative estimate of drug-likeness (QED) is 0.761. The van der Waals surface area contributed by atoms with Crippen LogP contribution < -0.4 is 5.32 Å². The molecule has 1 N–H and O–H groups in total. The number of fused-ring (bicyclic) bond motifs is 3. The zero-order chi connectivity index (χ0) is 18.4. The number of nitriles is 1. The fourth-order valence-corrected chi connectivity index (χ4v) is 4.49. The molecular formula is C22H21N5. The monoisotopic (exact) mass is 355 g/mol. The molecule has 2 aliphatic rings. The van der Waals surface area contributed by atoms with Gasteiger partial charge in [0.15, 0.2) is 0 Å². The number of pyridine rings is 2. The first-order chi connectivity index (χ1) is 13.3. The maximum atomic E-state index is 9.67. The fraction of sp³-hybridized carbons (Fsp3) is 0.318. The molecule has 5 heteroatoms. The minimum atomic E-state index is 0.365. The van der Waals surface area contributed by atoms with Crippen LogP contribution >= 0.6 is 0 Å². The van der Waals surface area contributed by atoms with Crippen LogP contribution in [-0.2, 0) is 6.42 Å². The van der Waals surface area contributed by atoms with Crippen molar-refractivity contribution in [2.45, 2.75) is 25.8 Å². The number of hydrogen-bond donors (Lipinski definition) is 1. The first kappa shape index (κ1) is 16.2. The second kappa shape index (κ2) is 6.33. The maximum absolute atomic E-state index is 9.67. The van der Waals surface area contributed by atoms with Gasteiger partial charge in [-0.2, -0.15) is 5.26 Å². The summed E-state index contributed by atoms with van der Waals surface area (Å²) in [6.07, 6.45) is 11.8. The average Bonchev–Trinajstić information content (AvgIpc) is 3.30. The van der Waals surface area contributed by atoms with E-state index in [1.165, 1.54) is 0 Å². The Balaban J connectivity index is 1.82. The van der Waals surface area contributed by atoms with Gasteiger partial charge >= 0.3 is 0 Å². The molecule has 0 radical (unpaired) electrons. The van der Waals surface area contributed by atoms with E-state index >= 15 is 0 Å². The van der Waals surface area contributed by atoms with E-state index in [1.807, 2.05) is 36.8 Å². The van der Waals surface area contributed by atoms with E-state index in [0.717, 1.165) is 64.8 Å². The Morgan fingerprint density at radius 2 is 2.15 bits per heavy atom. The topological polar surface area (TPSA) is 66.5 Å². The highest BCUT2D eigenvalue weighted by atomic mass is 15.1. The molecule has 1 aliphatic carbocycles. The van der Waals surface area contributed by atoms with Crippen LogP contribution in [-0.4, -0.2) is 27.6 Å². The highest BCUT2D eigenvalue weighted by Crippen LogP contribution is 2.41. The molecule has 5 nitrogen and oxygen atoms in total. The van der Waals surface area contributed by atoms with Crippen molar-refractivity contribution in [1.29, 1.82) is 5.26 Å². The predicted octanol–water partition coefficient (Wildman–Crippen LogP) is 3.73. The van der Waals surface area contributed by atoms with Gasteiger partial charge in [-0.3, -0.25) is 9.97 Å². The molecule has 0 bridgehead atoms. The van der Waals surface area contributed by atoms with Gasteiger partial charge in [0, 0.05) is 60.3 Å². The Hall–Kier alpha value is -2.97. The summed E-state index contributed by atoms with van der Waals surface area (Å²) in [6, 6.07) is 6.82. The van der Waals surface area contributed by atoms with Gasteiger partial charge < -0.3 is 9.88 Å². The van der Waals surface area contributed by atoms with Crippen LogP contribution in [0.3, 0.4) is 0 Å². The Kier molecular flexibility index (Phi) is 3.80. The molecule has 27 heavy (non-hydrogen) atoms. The van der Waals surface area contributed by atoms with Crippen LogP contribution in [0.2, 0.25) is 0 Å². The first-order valence-corrected chi connectivity index (χ1v) is 9.52. The molecule has 1 saturated heterocycles. The van der Waals surface area contributed by atoms with Gasteiger partial charge in [-0.15, -0.1) is 0 Å². The summed E-state index contributed by atoms with van der Waals surface area (Å²) in [5.41, 5.74) is 6.22. The number of aromatic nitrogens is 3. The lowest BCUT2D eigenvalue weighted by molar-refractivity contribution is 0.280. The largest absolute Gasteiger partial charge is 0.342 e. The van der Waals surface area contributed by atoms with Crippen molar-refractivity contribution in [3.05, 3.63) is 54.3 Å². The Bertz CT molecular complexity index is 1090. The van der Waals surface area contributed by atoms with Crippen LogP contribution in [0.15, 0.2) is 43.0 Å². The molecule has 5 rings (SSSR count). The van der Waals surface area contributed by atoms with Crippen molar-refractivity contribution in [2.75, 3.05) is 13.1 Å². The smallest absolute Gasteiger partial charge is 0.0996 e. The Labute approximate surface area is 158 Å². The Morgan fingerprint density at radius 1 is 1.30 bits per heavy atom. The standard InChI is InChI=1S/C22H21N5/c1-14-4-7-25-12-20(14)27-13-18(15-5-8-24-9-6-15)17-11-26-19-3-2-16(10-23)21(19)22(17)27/h2,5-6,8-9,11,13-14,20,25H,3-4,7,12H2,1H3/t14-,20+/m1/s1. The fourth-order valence-electron chi connectivity index (χ4n) is 4.49. The lowest BCUT2D eigenvalue weighted by Crippen LogP contribution is -2.36. The summed E-state index contributed by atoms with van der Waals surface area (Å²) < 4.78 is 2.40. The molecule has 0 amide bonds. The van der Waals surface area contributed by atoms with Crippen molar-refractivity contribution in [2.24, 2.45) is 5.92 Å². The zero-order valence-corrected chi connectivity index (χ0v) is 15.3. The SMILES string of the molecule is C[C@@H]1CCNC[C@@H]1n1cc(-c2ccncc2)c2cnc3c(c21)C(C#N)=CC3. The summed E-state index contributed by atoms with van der Waals surface area (Å²) >= 11 is 0. The second-order valence-electron chi connectivity index (χ2n) is 7.50. The highest BCUT2D eigenvalue weighted by molar-refractivity contribution is 6.04. The number of rotatable bonds is 2. The summed E-state index contributed by atoms with van der Waals surface area (Å²) in [7, 11) is 0. The van der Waals surface area contributed by atoms with Crippen molar-refractivity contribution in [1.82, 2.24) is 19.9 Å². The second-order valence-corrected chi connectivity index (χ2v) is 7.50. The molecule has 3 aromatic rings. The summed E-state index contributed by atoms with van der Waals surface area (Å²) in [4.78, 5) is 8.86. The van der Waals surface area contributed by atoms with E-state index in [0.29, 0.717) is 12.0 Å². The molecule has 2 atom stereocenters. The minimum Gasteiger partial charge on any atom is -0.342 e. The summed E-state index contributed by atoms with van der Waals surface area (Å²) in [5.74, 6) is 0.576. The van der Waals surface area contributed by atoms with E-state index in [-0.39, 0.29) is 0 Å². The molecule has 134 valence electrons. The number of piperidine rings is 1. The van der Waals surface area contributed by atoms with E-state index in [2.05, 4.69) is 34.1 Å². The van der Waals surface area contributed by atoms with Gasteiger partial charge in [0.05, 0.1) is 22.9 Å². The number of nitrogens with zero attached hydrogens (tertiary/aromatic N) is 4. The maximum Gasteiger partial charge on any atom is 0.0996 e. The van der Waals surface area contributed by atoms with Crippen molar-refractivity contribution in [3.63, 3.8) is 0 Å². The lowest BCUT2D eigenvalue weighted by atomic mass is 9.94. The van der Waals surface area contributed by atoms with Crippen molar-refractivity contribution >= 4 is 16.5 Å².